The Morgan fingerprint density at radius 1 is 1.35 bits per heavy atom. The van der Waals surface area contributed by atoms with Gasteiger partial charge in [0.05, 0.1) is 11.6 Å². The first-order valence-corrected chi connectivity index (χ1v) is 5.91. The predicted octanol–water partition coefficient (Wildman–Crippen LogP) is 2.25. The third-order valence-electron chi connectivity index (χ3n) is 3.25. The SMILES string of the molecule is CN1CCC(F)(F)C1CNc1ncc(C(F)(F)F)cn1. The summed E-state index contributed by atoms with van der Waals surface area (Å²) < 4.78 is 63.9. The van der Waals surface area contributed by atoms with Crippen molar-refractivity contribution in [2.75, 3.05) is 25.5 Å². The van der Waals surface area contributed by atoms with Crippen LogP contribution in [0.25, 0.3) is 0 Å². The first-order chi connectivity index (χ1) is 9.20. The molecule has 1 aliphatic heterocycles. The molecule has 0 spiro atoms. The molecule has 4 nitrogen and oxygen atoms in total. The van der Waals surface area contributed by atoms with Gasteiger partial charge in [0.2, 0.25) is 5.95 Å². The molecule has 1 fully saturated rings. The fourth-order valence-electron chi connectivity index (χ4n) is 2.03. The molecule has 0 radical (unpaired) electrons. The Morgan fingerprint density at radius 3 is 2.40 bits per heavy atom. The van der Waals surface area contributed by atoms with Crippen LogP contribution in [-0.4, -0.2) is 47.0 Å². The Hall–Kier alpha value is -1.51. The summed E-state index contributed by atoms with van der Waals surface area (Å²) in [5, 5.41) is 2.54. The average Bonchev–Trinajstić information content (AvgIpc) is 2.61. The van der Waals surface area contributed by atoms with Gasteiger partial charge in [-0.25, -0.2) is 18.7 Å². The van der Waals surface area contributed by atoms with E-state index in [0.717, 1.165) is 0 Å². The lowest BCUT2D eigenvalue weighted by atomic mass is 10.1. The lowest BCUT2D eigenvalue weighted by Gasteiger charge is -2.24. The monoisotopic (exact) mass is 296 g/mol. The molecular formula is C11H13F5N4. The molecular weight excluding hydrogens is 283 g/mol. The van der Waals surface area contributed by atoms with Gasteiger partial charge in [0.25, 0.3) is 5.92 Å². The lowest BCUT2D eigenvalue weighted by molar-refractivity contribution is -0.138. The number of nitrogens with one attached hydrogen (secondary N) is 1. The lowest BCUT2D eigenvalue weighted by Crippen LogP contribution is -2.42. The quantitative estimate of drug-likeness (QED) is 0.869. The van der Waals surface area contributed by atoms with Gasteiger partial charge in [0, 0.05) is 31.9 Å². The van der Waals surface area contributed by atoms with Gasteiger partial charge in [0.1, 0.15) is 0 Å². The molecule has 1 saturated heterocycles. The number of likely N-dealkylation sites (tertiary alicyclic amines) is 1. The molecule has 1 aromatic heterocycles. The molecule has 0 aromatic carbocycles. The van der Waals surface area contributed by atoms with Crippen LogP contribution in [0.5, 0.6) is 0 Å². The standard InChI is InChI=1S/C11H13F5N4/c1-20-3-2-10(12,13)8(20)6-19-9-17-4-7(5-18-9)11(14,15)16/h4-5,8H,2-3,6H2,1H3,(H,17,18,19). The van der Waals surface area contributed by atoms with Gasteiger partial charge >= 0.3 is 6.18 Å². The molecule has 1 unspecified atom stereocenters. The van der Waals surface area contributed by atoms with Gasteiger partial charge < -0.3 is 5.32 Å². The van der Waals surface area contributed by atoms with Gasteiger partial charge in [-0.3, -0.25) is 4.90 Å². The van der Waals surface area contributed by atoms with E-state index >= 15 is 0 Å². The molecule has 2 rings (SSSR count). The van der Waals surface area contributed by atoms with Gasteiger partial charge in [-0.2, -0.15) is 13.2 Å². The van der Waals surface area contributed by atoms with Crippen LogP contribution >= 0.6 is 0 Å². The summed E-state index contributed by atoms with van der Waals surface area (Å²) in [5.41, 5.74) is -0.980. The van der Waals surface area contributed by atoms with Gasteiger partial charge in [-0.1, -0.05) is 0 Å². The summed E-state index contributed by atoms with van der Waals surface area (Å²) in [6.45, 7) is 0.141. The van der Waals surface area contributed by atoms with Crippen LogP contribution in [0.15, 0.2) is 12.4 Å². The van der Waals surface area contributed by atoms with Crippen LogP contribution < -0.4 is 5.32 Å². The van der Waals surface area contributed by atoms with Crippen molar-refractivity contribution in [2.45, 2.75) is 24.6 Å². The zero-order chi connectivity index (χ0) is 15.0. The van der Waals surface area contributed by atoms with E-state index in [1.54, 1.807) is 7.05 Å². The molecule has 1 aromatic rings. The number of halogens is 5. The molecule has 9 heteroatoms. The number of hydrogen-bond donors (Lipinski definition) is 1. The van der Waals surface area contributed by atoms with Gasteiger partial charge in [0.15, 0.2) is 0 Å². The Kier molecular flexibility index (Phi) is 3.81. The molecule has 1 atom stereocenters. The van der Waals surface area contributed by atoms with E-state index in [4.69, 9.17) is 0 Å². The Balaban J connectivity index is 1.98. The second-order valence-corrected chi connectivity index (χ2v) is 4.68. The molecule has 2 heterocycles. The van der Waals surface area contributed by atoms with E-state index in [9.17, 15) is 22.0 Å². The van der Waals surface area contributed by atoms with E-state index in [-0.39, 0.29) is 25.5 Å². The topological polar surface area (TPSA) is 41.0 Å². The normalized spacial score (nSPS) is 23.0. The van der Waals surface area contributed by atoms with Crippen molar-refractivity contribution in [2.24, 2.45) is 0 Å². The first-order valence-electron chi connectivity index (χ1n) is 5.91. The van der Waals surface area contributed by atoms with E-state index in [0.29, 0.717) is 12.4 Å². The van der Waals surface area contributed by atoms with E-state index in [1.807, 2.05) is 0 Å². The van der Waals surface area contributed by atoms with Crippen LogP contribution in [-0.2, 0) is 6.18 Å². The highest BCUT2D eigenvalue weighted by Crippen LogP contribution is 2.33. The van der Waals surface area contributed by atoms with Gasteiger partial charge in [-0.15, -0.1) is 0 Å². The number of anilines is 1. The molecule has 0 saturated carbocycles. The van der Waals surface area contributed by atoms with Gasteiger partial charge in [-0.05, 0) is 7.05 Å². The second kappa shape index (κ2) is 5.12. The number of rotatable bonds is 3. The van der Waals surface area contributed by atoms with Crippen molar-refractivity contribution >= 4 is 5.95 Å². The predicted molar refractivity (Wildman–Crippen MR) is 61.5 cm³/mol. The van der Waals surface area contributed by atoms with Crippen molar-refractivity contribution in [1.82, 2.24) is 14.9 Å². The molecule has 0 aliphatic carbocycles. The highest BCUT2D eigenvalue weighted by molar-refractivity contribution is 5.26. The van der Waals surface area contributed by atoms with Crippen molar-refractivity contribution in [3.05, 3.63) is 18.0 Å². The summed E-state index contributed by atoms with van der Waals surface area (Å²) in [7, 11) is 1.57. The summed E-state index contributed by atoms with van der Waals surface area (Å²) >= 11 is 0. The Bertz CT molecular complexity index is 459. The number of alkyl halides is 5. The Labute approximate surface area is 112 Å². The maximum atomic E-state index is 13.5. The zero-order valence-electron chi connectivity index (χ0n) is 10.6. The fraction of sp³-hybridized carbons (Fsp3) is 0.636. The number of likely N-dealkylation sites (N-methyl/N-ethyl adjacent to an activating group) is 1. The molecule has 20 heavy (non-hydrogen) atoms. The molecule has 1 N–H and O–H groups in total. The average molecular weight is 296 g/mol. The smallest absolute Gasteiger partial charge is 0.352 e. The van der Waals surface area contributed by atoms with Crippen LogP contribution in [0, 0.1) is 0 Å². The number of hydrogen-bond acceptors (Lipinski definition) is 4. The van der Waals surface area contributed by atoms with Crippen molar-refractivity contribution in [3.63, 3.8) is 0 Å². The maximum absolute atomic E-state index is 13.5. The highest BCUT2D eigenvalue weighted by Gasteiger charge is 2.47. The van der Waals surface area contributed by atoms with Crippen molar-refractivity contribution in [1.29, 1.82) is 0 Å². The minimum absolute atomic E-state index is 0.103. The number of aromatic nitrogens is 2. The summed E-state index contributed by atoms with van der Waals surface area (Å²) in [4.78, 5) is 8.44. The van der Waals surface area contributed by atoms with Crippen molar-refractivity contribution in [3.8, 4) is 0 Å². The highest BCUT2D eigenvalue weighted by atomic mass is 19.4. The fourth-order valence-corrected chi connectivity index (χ4v) is 2.03. The zero-order valence-corrected chi connectivity index (χ0v) is 10.6. The van der Waals surface area contributed by atoms with Crippen LogP contribution in [0.4, 0.5) is 27.9 Å². The van der Waals surface area contributed by atoms with Crippen LogP contribution in [0.1, 0.15) is 12.0 Å². The molecule has 112 valence electrons. The van der Waals surface area contributed by atoms with Crippen LogP contribution in [0.2, 0.25) is 0 Å². The first kappa shape index (κ1) is 14.9. The van der Waals surface area contributed by atoms with Crippen LogP contribution in [0.3, 0.4) is 0 Å². The minimum atomic E-state index is -4.52. The van der Waals surface area contributed by atoms with E-state index < -0.39 is 23.7 Å². The summed E-state index contributed by atoms with van der Waals surface area (Å²) in [6, 6.07) is -1.02. The summed E-state index contributed by atoms with van der Waals surface area (Å²) in [5.74, 6) is -2.93. The summed E-state index contributed by atoms with van der Waals surface area (Å²) in [6.07, 6.45) is -3.52. The second-order valence-electron chi connectivity index (χ2n) is 4.68. The largest absolute Gasteiger partial charge is 0.419 e. The van der Waals surface area contributed by atoms with E-state index in [1.165, 1.54) is 4.90 Å². The minimum Gasteiger partial charge on any atom is -0.352 e. The maximum Gasteiger partial charge on any atom is 0.419 e. The molecule has 0 bridgehead atoms. The third-order valence-corrected chi connectivity index (χ3v) is 3.25. The van der Waals surface area contributed by atoms with E-state index in [2.05, 4.69) is 15.3 Å². The Morgan fingerprint density at radius 2 is 1.95 bits per heavy atom. The molecule has 1 aliphatic rings. The number of nitrogens with zero attached hydrogens (tertiary/aromatic N) is 3. The molecule has 0 amide bonds. The third kappa shape index (κ3) is 3.14. The van der Waals surface area contributed by atoms with Crippen molar-refractivity contribution < 1.29 is 22.0 Å².